The van der Waals surface area contributed by atoms with Crippen LogP contribution in [0.5, 0.6) is 0 Å². The molecule has 116 valence electrons. The van der Waals surface area contributed by atoms with E-state index in [2.05, 4.69) is 39.1 Å². The van der Waals surface area contributed by atoms with Gasteiger partial charge >= 0.3 is 0 Å². The average molecular weight is 372 g/mol. The largest absolute Gasteiger partial charge is 0.311 e. The summed E-state index contributed by atoms with van der Waals surface area (Å²) >= 11 is 9.72. The van der Waals surface area contributed by atoms with Crippen LogP contribution in [0, 0.1) is 0 Å². The van der Waals surface area contributed by atoms with Crippen molar-refractivity contribution in [2.45, 2.75) is 63.7 Å². The van der Waals surface area contributed by atoms with Crippen molar-refractivity contribution in [2.75, 3.05) is 6.54 Å². The third-order valence-corrected chi connectivity index (χ3v) is 5.84. The highest BCUT2D eigenvalue weighted by Gasteiger charge is 2.35. The summed E-state index contributed by atoms with van der Waals surface area (Å²) in [7, 11) is 0. The van der Waals surface area contributed by atoms with Gasteiger partial charge in [0.05, 0.1) is 0 Å². The molecule has 2 aliphatic heterocycles. The van der Waals surface area contributed by atoms with Crippen molar-refractivity contribution in [3.05, 3.63) is 33.3 Å². The molecular weight excluding hydrogens is 348 g/mol. The first kappa shape index (κ1) is 15.8. The van der Waals surface area contributed by atoms with Gasteiger partial charge in [0.1, 0.15) is 0 Å². The molecule has 2 fully saturated rings. The Morgan fingerprint density at radius 2 is 2.00 bits per heavy atom. The minimum absolute atomic E-state index is 0.728. The van der Waals surface area contributed by atoms with Gasteiger partial charge < -0.3 is 5.32 Å². The van der Waals surface area contributed by atoms with Gasteiger partial charge in [-0.3, -0.25) is 4.90 Å². The molecule has 0 aliphatic carbocycles. The zero-order valence-electron chi connectivity index (χ0n) is 12.6. The van der Waals surface area contributed by atoms with Crippen LogP contribution < -0.4 is 5.32 Å². The molecule has 2 bridgehead atoms. The van der Waals surface area contributed by atoms with Crippen LogP contribution in [0.15, 0.2) is 22.7 Å². The fourth-order valence-electron chi connectivity index (χ4n) is 3.87. The van der Waals surface area contributed by atoms with Crippen LogP contribution in [-0.4, -0.2) is 29.6 Å². The monoisotopic (exact) mass is 370 g/mol. The van der Waals surface area contributed by atoms with E-state index in [4.69, 9.17) is 11.6 Å². The molecule has 1 aromatic rings. The first-order valence-electron chi connectivity index (χ1n) is 8.09. The summed E-state index contributed by atoms with van der Waals surface area (Å²) in [4.78, 5) is 2.68. The molecule has 2 nitrogen and oxygen atoms in total. The maximum absolute atomic E-state index is 6.06. The summed E-state index contributed by atoms with van der Waals surface area (Å²) in [5, 5.41) is 4.55. The summed E-state index contributed by atoms with van der Waals surface area (Å²) in [6.45, 7) is 4.48. The van der Waals surface area contributed by atoms with Crippen LogP contribution in [0.25, 0.3) is 0 Å². The van der Waals surface area contributed by atoms with Gasteiger partial charge in [-0.05, 0) is 56.3 Å². The summed E-state index contributed by atoms with van der Waals surface area (Å²) < 4.78 is 1.13. The van der Waals surface area contributed by atoms with E-state index in [1.165, 1.54) is 44.2 Å². The van der Waals surface area contributed by atoms with E-state index in [-0.39, 0.29) is 0 Å². The van der Waals surface area contributed by atoms with Crippen molar-refractivity contribution in [2.24, 2.45) is 0 Å². The van der Waals surface area contributed by atoms with Crippen LogP contribution >= 0.6 is 27.5 Å². The van der Waals surface area contributed by atoms with Crippen molar-refractivity contribution < 1.29 is 0 Å². The van der Waals surface area contributed by atoms with Crippen LogP contribution in [-0.2, 0) is 6.54 Å². The Balaban J connectivity index is 1.72. The van der Waals surface area contributed by atoms with Crippen molar-refractivity contribution in [1.29, 1.82) is 0 Å². The molecule has 2 unspecified atom stereocenters. The number of piperidine rings is 1. The van der Waals surface area contributed by atoms with Gasteiger partial charge in [-0.1, -0.05) is 40.5 Å². The summed E-state index contributed by atoms with van der Waals surface area (Å²) in [6.07, 6.45) is 6.56. The fraction of sp³-hybridized carbons (Fsp3) is 0.647. The van der Waals surface area contributed by atoms with Crippen molar-refractivity contribution in [3.63, 3.8) is 0 Å². The van der Waals surface area contributed by atoms with Crippen LogP contribution in [0.4, 0.5) is 0 Å². The van der Waals surface area contributed by atoms with Gasteiger partial charge in [-0.2, -0.15) is 0 Å². The fourth-order valence-corrected chi connectivity index (χ4v) is 4.68. The van der Waals surface area contributed by atoms with Crippen LogP contribution in [0.1, 0.15) is 44.6 Å². The van der Waals surface area contributed by atoms with Crippen molar-refractivity contribution >= 4 is 27.5 Å². The molecule has 2 heterocycles. The van der Waals surface area contributed by atoms with Crippen LogP contribution in [0.3, 0.4) is 0 Å². The first-order chi connectivity index (χ1) is 10.2. The Hall–Kier alpha value is -0.0900. The van der Waals surface area contributed by atoms with Crippen LogP contribution in [0.2, 0.25) is 5.02 Å². The Morgan fingerprint density at radius 1 is 1.29 bits per heavy atom. The predicted octanol–water partition coefficient (Wildman–Crippen LogP) is 4.60. The summed E-state index contributed by atoms with van der Waals surface area (Å²) in [6, 6.07) is 8.39. The average Bonchev–Trinajstić information content (AvgIpc) is 2.79. The lowest BCUT2D eigenvalue weighted by molar-refractivity contribution is 0.133. The van der Waals surface area contributed by atoms with Gasteiger partial charge in [-0.25, -0.2) is 0 Å². The van der Waals surface area contributed by atoms with Gasteiger partial charge in [0, 0.05) is 34.2 Å². The SMILES string of the molecule is CCCN(Cc1ccc(Cl)cc1Br)C1CC2CCC(C1)N2. The minimum atomic E-state index is 0.728. The van der Waals surface area contributed by atoms with Gasteiger partial charge in [-0.15, -0.1) is 0 Å². The van der Waals surface area contributed by atoms with E-state index in [0.29, 0.717) is 0 Å². The van der Waals surface area contributed by atoms with E-state index < -0.39 is 0 Å². The minimum Gasteiger partial charge on any atom is -0.311 e. The second-order valence-electron chi connectivity index (χ2n) is 6.47. The van der Waals surface area contributed by atoms with Crippen molar-refractivity contribution in [1.82, 2.24) is 10.2 Å². The van der Waals surface area contributed by atoms with E-state index >= 15 is 0 Å². The highest BCUT2D eigenvalue weighted by Crippen LogP contribution is 2.31. The maximum atomic E-state index is 6.06. The molecule has 2 saturated heterocycles. The molecule has 4 heteroatoms. The van der Waals surface area contributed by atoms with E-state index in [1.54, 1.807) is 0 Å². The van der Waals surface area contributed by atoms with Gasteiger partial charge in [0.25, 0.3) is 0 Å². The lowest BCUT2D eigenvalue weighted by Gasteiger charge is -2.38. The second-order valence-corrected chi connectivity index (χ2v) is 7.76. The highest BCUT2D eigenvalue weighted by atomic mass is 79.9. The number of rotatable bonds is 5. The normalized spacial score (nSPS) is 28.3. The number of nitrogens with zero attached hydrogens (tertiary/aromatic N) is 1. The van der Waals surface area contributed by atoms with E-state index in [1.807, 2.05) is 12.1 Å². The molecule has 1 N–H and O–H groups in total. The Bertz CT molecular complexity index is 482. The van der Waals surface area contributed by atoms with Crippen molar-refractivity contribution in [3.8, 4) is 0 Å². The zero-order chi connectivity index (χ0) is 14.8. The molecule has 0 spiro atoms. The molecule has 0 saturated carbocycles. The molecule has 1 aromatic carbocycles. The maximum Gasteiger partial charge on any atom is 0.0417 e. The molecule has 0 amide bonds. The third-order valence-electron chi connectivity index (χ3n) is 4.86. The Kier molecular flexibility index (Phi) is 5.26. The quantitative estimate of drug-likeness (QED) is 0.814. The second kappa shape index (κ2) is 6.99. The lowest BCUT2D eigenvalue weighted by Crippen LogP contribution is -2.48. The van der Waals surface area contributed by atoms with E-state index in [0.717, 1.165) is 34.2 Å². The molecule has 0 aromatic heterocycles. The van der Waals surface area contributed by atoms with Gasteiger partial charge in [0.15, 0.2) is 0 Å². The zero-order valence-corrected chi connectivity index (χ0v) is 15.0. The lowest BCUT2D eigenvalue weighted by atomic mass is 9.97. The number of hydrogen-bond acceptors (Lipinski definition) is 2. The summed E-state index contributed by atoms with van der Waals surface area (Å²) in [5.41, 5.74) is 1.35. The third kappa shape index (κ3) is 3.82. The number of halogens is 2. The predicted molar refractivity (Wildman–Crippen MR) is 92.8 cm³/mol. The Labute approximate surface area is 141 Å². The number of hydrogen-bond donors (Lipinski definition) is 1. The molecule has 3 rings (SSSR count). The summed E-state index contributed by atoms with van der Waals surface area (Å²) in [5.74, 6) is 0. The molecule has 0 radical (unpaired) electrons. The first-order valence-corrected chi connectivity index (χ1v) is 9.27. The molecular formula is C17H24BrClN2. The van der Waals surface area contributed by atoms with Gasteiger partial charge in [0.2, 0.25) is 0 Å². The molecule has 2 atom stereocenters. The number of fused-ring (bicyclic) bond motifs is 2. The Morgan fingerprint density at radius 3 is 2.62 bits per heavy atom. The van der Waals surface area contributed by atoms with E-state index in [9.17, 15) is 0 Å². The topological polar surface area (TPSA) is 15.3 Å². The number of nitrogens with one attached hydrogen (secondary N) is 1. The molecule has 2 aliphatic rings. The number of benzene rings is 1. The standard InChI is InChI=1S/C17H24BrClN2/c1-2-7-21(11-12-3-4-13(19)8-17(12)18)16-9-14-5-6-15(10-16)20-14/h3-4,8,14-16,20H,2,5-7,9-11H2,1H3. The smallest absolute Gasteiger partial charge is 0.0417 e. The molecule has 21 heavy (non-hydrogen) atoms. The highest BCUT2D eigenvalue weighted by molar-refractivity contribution is 9.10.